The van der Waals surface area contributed by atoms with Crippen molar-refractivity contribution in [2.75, 3.05) is 0 Å². The van der Waals surface area contributed by atoms with Crippen LogP contribution in [0.25, 0.3) is 5.69 Å². The van der Waals surface area contributed by atoms with Crippen LogP contribution in [0.15, 0.2) is 54.9 Å². The van der Waals surface area contributed by atoms with Crippen molar-refractivity contribution in [3.63, 3.8) is 0 Å². The van der Waals surface area contributed by atoms with Gasteiger partial charge in [0.25, 0.3) is 5.56 Å². The SMILES string of the molecule is Cc1ccc(-n2ncc3c(c2=O)SC(C#N)=C(C#N)S3)cc1. The molecule has 0 radical (unpaired) electrons. The molecular formula is C15H8N4OS2. The Balaban J connectivity index is 2.12. The van der Waals surface area contributed by atoms with Gasteiger partial charge in [-0.25, -0.2) is 0 Å². The van der Waals surface area contributed by atoms with Crippen LogP contribution >= 0.6 is 23.5 Å². The van der Waals surface area contributed by atoms with Gasteiger partial charge in [-0.1, -0.05) is 41.2 Å². The number of rotatable bonds is 1. The summed E-state index contributed by atoms with van der Waals surface area (Å²) in [7, 11) is 0. The summed E-state index contributed by atoms with van der Waals surface area (Å²) >= 11 is 2.14. The highest BCUT2D eigenvalue weighted by Gasteiger charge is 2.24. The van der Waals surface area contributed by atoms with Crippen LogP contribution in [-0.4, -0.2) is 9.78 Å². The third-order valence-electron chi connectivity index (χ3n) is 3.00. The summed E-state index contributed by atoms with van der Waals surface area (Å²) in [5.74, 6) is 0. The molecule has 2 aromatic rings. The molecule has 0 amide bonds. The van der Waals surface area contributed by atoms with E-state index in [1.54, 1.807) is 6.20 Å². The average Bonchev–Trinajstić information content (AvgIpc) is 2.55. The van der Waals surface area contributed by atoms with Gasteiger partial charge in [-0.05, 0) is 19.1 Å². The van der Waals surface area contributed by atoms with Gasteiger partial charge in [0.15, 0.2) is 0 Å². The Kier molecular flexibility index (Phi) is 3.76. The van der Waals surface area contributed by atoms with Crippen molar-refractivity contribution in [3.05, 3.63) is 56.2 Å². The van der Waals surface area contributed by atoms with E-state index in [4.69, 9.17) is 10.5 Å². The monoisotopic (exact) mass is 324 g/mol. The lowest BCUT2D eigenvalue weighted by Gasteiger charge is -2.15. The quantitative estimate of drug-likeness (QED) is 0.802. The van der Waals surface area contributed by atoms with Crippen LogP contribution in [-0.2, 0) is 0 Å². The van der Waals surface area contributed by atoms with E-state index in [1.165, 1.54) is 4.68 Å². The number of nitrogens with zero attached hydrogens (tertiary/aromatic N) is 4. The van der Waals surface area contributed by atoms with E-state index in [0.29, 0.717) is 20.4 Å². The van der Waals surface area contributed by atoms with Gasteiger partial charge in [0.2, 0.25) is 0 Å². The summed E-state index contributed by atoms with van der Waals surface area (Å²) in [5, 5.41) is 22.3. The van der Waals surface area contributed by atoms with Gasteiger partial charge in [-0.2, -0.15) is 20.3 Å². The molecule has 0 N–H and O–H groups in total. The van der Waals surface area contributed by atoms with E-state index in [0.717, 1.165) is 29.1 Å². The van der Waals surface area contributed by atoms with Gasteiger partial charge >= 0.3 is 0 Å². The number of hydrogen-bond acceptors (Lipinski definition) is 6. The fraction of sp³-hybridized carbons (Fsp3) is 0.0667. The molecule has 1 aromatic heterocycles. The van der Waals surface area contributed by atoms with E-state index in [-0.39, 0.29) is 10.5 Å². The van der Waals surface area contributed by atoms with Gasteiger partial charge in [0, 0.05) is 0 Å². The molecule has 0 bridgehead atoms. The molecule has 1 aliphatic rings. The van der Waals surface area contributed by atoms with Gasteiger partial charge in [-0.3, -0.25) is 4.79 Å². The first-order valence-corrected chi connectivity index (χ1v) is 7.87. The molecule has 106 valence electrons. The first kappa shape index (κ1) is 14.5. The molecule has 2 heterocycles. The lowest BCUT2D eigenvalue weighted by atomic mass is 10.2. The number of hydrogen-bond donors (Lipinski definition) is 0. The van der Waals surface area contributed by atoms with E-state index < -0.39 is 0 Å². The molecule has 0 saturated carbocycles. The minimum atomic E-state index is -0.288. The molecule has 5 nitrogen and oxygen atoms in total. The van der Waals surface area contributed by atoms with Crippen LogP contribution in [0.2, 0.25) is 0 Å². The van der Waals surface area contributed by atoms with Crippen LogP contribution in [0, 0.1) is 29.6 Å². The Labute approximate surface area is 134 Å². The maximum Gasteiger partial charge on any atom is 0.286 e. The number of aryl methyl sites for hydroxylation is 1. The molecule has 7 heteroatoms. The summed E-state index contributed by atoms with van der Waals surface area (Å²) < 4.78 is 1.30. The van der Waals surface area contributed by atoms with Gasteiger partial charge < -0.3 is 0 Å². The van der Waals surface area contributed by atoms with Crippen LogP contribution in [0.5, 0.6) is 0 Å². The maximum absolute atomic E-state index is 12.6. The molecule has 22 heavy (non-hydrogen) atoms. The van der Waals surface area contributed by atoms with Crippen LogP contribution in [0.1, 0.15) is 5.56 Å². The highest BCUT2D eigenvalue weighted by Crippen LogP contribution is 2.44. The summed E-state index contributed by atoms with van der Waals surface area (Å²) in [6.45, 7) is 1.97. The second-order valence-corrected chi connectivity index (χ2v) is 6.55. The summed E-state index contributed by atoms with van der Waals surface area (Å²) in [4.78, 5) is 14.2. The first-order chi connectivity index (χ1) is 10.6. The summed E-state index contributed by atoms with van der Waals surface area (Å²) in [6, 6.07) is 11.4. The molecule has 0 fully saturated rings. The van der Waals surface area contributed by atoms with E-state index in [9.17, 15) is 4.79 Å². The first-order valence-electron chi connectivity index (χ1n) is 6.23. The van der Waals surface area contributed by atoms with E-state index >= 15 is 0 Å². The largest absolute Gasteiger partial charge is 0.286 e. The van der Waals surface area contributed by atoms with E-state index in [1.807, 2.05) is 43.3 Å². The molecule has 1 aliphatic heterocycles. The fourth-order valence-corrected chi connectivity index (χ4v) is 3.81. The van der Waals surface area contributed by atoms with Crippen LogP contribution in [0.3, 0.4) is 0 Å². The minimum Gasteiger partial charge on any atom is -0.266 e. The molecule has 3 rings (SSSR count). The van der Waals surface area contributed by atoms with Gasteiger partial charge in [-0.15, -0.1) is 0 Å². The zero-order valence-electron chi connectivity index (χ0n) is 11.4. The van der Waals surface area contributed by atoms with Gasteiger partial charge in [0.05, 0.1) is 21.7 Å². The smallest absolute Gasteiger partial charge is 0.266 e. The Morgan fingerprint density at radius 3 is 2.36 bits per heavy atom. The van der Waals surface area contributed by atoms with Crippen molar-refractivity contribution in [3.8, 4) is 17.8 Å². The normalized spacial score (nSPS) is 13.2. The summed E-state index contributed by atoms with van der Waals surface area (Å²) in [5.41, 5.74) is 1.47. The number of allylic oxidation sites excluding steroid dienone is 2. The second-order valence-electron chi connectivity index (χ2n) is 4.48. The average molecular weight is 324 g/mol. The third kappa shape index (κ3) is 2.41. The lowest BCUT2D eigenvalue weighted by molar-refractivity contribution is 0.756. The van der Waals surface area contributed by atoms with Crippen LogP contribution < -0.4 is 5.56 Å². The van der Waals surface area contributed by atoms with Crippen molar-refractivity contribution >= 4 is 23.5 Å². The number of fused-ring (bicyclic) bond motifs is 1. The van der Waals surface area contributed by atoms with Crippen LogP contribution in [0.4, 0.5) is 0 Å². The Morgan fingerprint density at radius 2 is 1.73 bits per heavy atom. The maximum atomic E-state index is 12.6. The predicted octanol–water partition coefficient (Wildman–Crippen LogP) is 3.00. The van der Waals surface area contributed by atoms with Crippen molar-refractivity contribution in [1.29, 1.82) is 10.5 Å². The van der Waals surface area contributed by atoms with Crippen molar-refractivity contribution in [2.24, 2.45) is 0 Å². The molecule has 0 aliphatic carbocycles. The number of thioether (sulfide) groups is 2. The Bertz CT molecular complexity index is 930. The van der Waals surface area contributed by atoms with Gasteiger partial charge in [0.1, 0.15) is 21.9 Å². The van der Waals surface area contributed by atoms with E-state index in [2.05, 4.69) is 5.10 Å². The summed E-state index contributed by atoms with van der Waals surface area (Å²) in [6.07, 6.45) is 1.56. The molecule has 0 atom stereocenters. The molecule has 1 aromatic carbocycles. The molecule has 0 spiro atoms. The standard InChI is InChI=1S/C15H8N4OS2/c1-9-2-4-10(5-3-9)19-15(20)14-13(8-18-19)21-11(6-16)12(7-17)22-14/h2-5,8H,1H3. The Morgan fingerprint density at radius 1 is 1.09 bits per heavy atom. The highest BCUT2D eigenvalue weighted by atomic mass is 32.2. The lowest BCUT2D eigenvalue weighted by Crippen LogP contribution is -2.23. The zero-order chi connectivity index (χ0) is 15.7. The molecule has 0 unspecified atom stereocenters. The highest BCUT2D eigenvalue weighted by molar-refractivity contribution is 8.09. The molecular weight excluding hydrogens is 316 g/mol. The van der Waals surface area contributed by atoms with Crippen molar-refractivity contribution < 1.29 is 0 Å². The zero-order valence-corrected chi connectivity index (χ0v) is 13.0. The van der Waals surface area contributed by atoms with Crippen molar-refractivity contribution in [2.45, 2.75) is 16.7 Å². The number of aromatic nitrogens is 2. The molecule has 0 saturated heterocycles. The number of benzene rings is 1. The van der Waals surface area contributed by atoms with Crippen molar-refractivity contribution in [1.82, 2.24) is 9.78 Å². The topological polar surface area (TPSA) is 82.5 Å². The number of nitriles is 2. The fourth-order valence-electron chi connectivity index (χ4n) is 1.91. The Hall–Kier alpha value is -2.48. The second kappa shape index (κ2) is 5.72. The predicted molar refractivity (Wildman–Crippen MR) is 84.5 cm³/mol. The third-order valence-corrected chi connectivity index (χ3v) is 5.39. The minimum absolute atomic E-state index is 0.249.